The molecule has 0 bridgehead atoms. The van der Waals surface area contributed by atoms with Gasteiger partial charge in [-0.25, -0.2) is 31.6 Å². The number of alkyl halides is 7. The first-order valence-electron chi connectivity index (χ1n) is 17.5. The summed E-state index contributed by atoms with van der Waals surface area (Å²) in [7, 11) is -3.04. The number of fused-ring (bicyclic) bond motifs is 2. The minimum absolute atomic E-state index is 0. The van der Waals surface area contributed by atoms with Crippen LogP contribution in [0.4, 0.5) is 52.7 Å². The van der Waals surface area contributed by atoms with Gasteiger partial charge in [0, 0.05) is 69.3 Å². The number of halogens is 13. The van der Waals surface area contributed by atoms with Gasteiger partial charge < -0.3 is 35.3 Å². The number of carbonyl (C=O) groups is 2. The Bertz CT molecular complexity index is 2100. The van der Waals surface area contributed by atoms with Gasteiger partial charge in [-0.1, -0.05) is 30.0 Å². The molecule has 2 aliphatic heterocycles. The molecule has 2 aliphatic rings. The van der Waals surface area contributed by atoms with Crippen LogP contribution in [0.1, 0.15) is 56.1 Å². The number of hydrogen-bond donors (Lipinski definition) is 3. The number of aromatic nitrogens is 6. The lowest BCUT2D eigenvalue weighted by Crippen LogP contribution is -2.42. The first-order valence-corrected chi connectivity index (χ1v) is 20.8. The molecule has 2 aromatic carbocycles. The van der Waals surface area contributed by atoms with Crippen LogP contribution in [0.25, 0.3) is 0 Å². The van der Waals surface area contributed by atoms with E-state index in [9.17, 15) is 62.3 Å². The van der Waals surface area contributed by atoms with Crippen LogP contribution in [0.15, 0.2) is 24.3 Å². The third kappa shape index (κ3) is 15.3. The average Bonchev–Trinajstić information content (AvgIpc) is 3.85. The number of hydrogen-bond acceptors (Lipinski definition) is 12. The van der Waals surface area contributed by atoms with Gasteiger partial charge in [-0.3, -0.25) is 9.59 Å². The maximum atomic E-state index is 13.7. The van der Waals surface area contributed by atoms with Gasteiger partial charge in [-0.15, -0.1) is 20.4 Å². The Labute approximate surface area is 371 Å². The van der Waals surface area contributed by atoms with Gasteiger partial charge in [0.25, 0.3) is 0 Å². The number of amides is 2. The largest absolute Gasteiger partial charge is 0.565 e. The Kier molecular flexibility index (Phi) is 20.9. The molecular weight excluding hydrogens is 1030 g/mol. The quantitative estimate of drug-likeness (QED) is 0.0362. The van der Waals surface area contributed by atoms with Crippen molar-refractivity contribution in [1.82, 2.24) is 39.3 Å². The van der Waals surface area contributed by atoms with Crippen molar-refractivity contribution < 1.29 is 83.1 Å². The summed E-state index contributed by atoms with van der Waals surface area (Å²) in [6.07, 6.45) is -10.2. The molecule has 2 aromatic heterocycles. The first kappa shape index (κ1) is 55.6. The van der Waals surface area contributed by atoms with Crippen molar-refractivity contribution in [2.75, 3.05) is 18.0 Å². The standard InChI is InChI=1S/2C16H15F6N5O.CH3I.CH4.HO4P.H2/c2*17-10-6-12(19)11(18)4-8(10)3-9(23)5-14(28)26-1-2-27-13(7-26)24-25-15(27)16(20,21)22;1-2;;1-4-5(2)3;/h2*4,6,9H,1-3,5,7,23H2;1H3;1H4;1H;1H/t2*9-;;;;/m11..../s1. The lowest BCUT2D eigenvalue weighted by atomic mass is 10.0. The maximum Gasteiger partial charge on any atom is 0.521 e. The van der Waals surface area contributed by atoms with E-state index in [0.29, 0.717) is 24.3 Å². The van der Waals surface area contributed by atoms with Gasteiger partial charge in [0.2, 0.25) is 23.5 Å². The lowest BCUT2D eigenvalue weighted by molar-refractivity contribution is -0.244. The molecule has 4 heterocycles. The molecule has 0 fully saturated rings. The lowest BCUT2D eigenvalue weighted by Gasteiger charge is -2.29. The number of benzene rings is 2. The molecule has 0 spiro atoms. The van der Waals surface area contributed by atoms with Crippen LogP contribution in [0, 0.1) is 34.9 Å². The second-order valence-corrected chi connectivity index (χ2v) is 13.8. The van der Waals surface area contributed by atoms with Crippen LogP contribution < -0.4 is 16.4 Å². The molecule has 4 aromatic rings. The molecule has 358 valence electrons. The topological polar surface area (TPSA) is 224 Å². The fourth-order valence-electron chi connectivity index (χ4n) is 6.02. The fraction of sp³-hybridized carbons (Fsp3) is 0.471. The molecule has 6 rings (SSSR count). The second-order valence-electron chi connectivity index (χ2n) is 13.2. The summed E-state index contributed by atoms with van der Waals surface area (Å²) in [4.78, 5) is 38.2. The van der Waals surface area contributed by atoms with Crippen LogP contribution in [0.2, 0.25) is 0 Å². The van der Waals surface area contributed by atoms with Gasteiger partial charge in [-0.05, 0) is 45.6 Å². The molecule has 30 heteroatoms. The molecule has 64 heavy (non-hydrogen) atoms. The van der Waals surface area contributed by atoms with E-state index in [1.807, 2.05) is 4.93 Å². The highest BCUT2D eigenvalue weighted by Gasteiger charge is 2.41. The highest BCUT2D eigenvalue weighted by Crippen LogP contribution is 2.31. The van der Waals surface area contributed by atoms with E-state index in [4.69, 9.17) is 26.2 Å². The van der Waals surface area contributed by atoms with Gasteiger partial charge >= 0.3 is 20.6 Å². The molecule has 1 unspecified atom stereocenters. The Morgan fingerprint density at radius 2 is 1.02 bits per heavy atom. The SMILES string of the molecule is C.CI.N[C@@H](CC(=O)N1CCn2c(nnc2C(F)(F)F)C1)Cc1cc(F)c(F)cc1F.N[C@@H](CC(=O)N1CCn2c(nnc2C(F)(F)F)C1)Cc1cc(F)c(F)cc1F.O=[P+]([O-])OO.[HH]. The monoisotopic (exact) mass is 1070 g/mol. The van der Waals surface area contributed by atoms with Crippen molar-refractivity contribution in [3.05, 3.63) is 93.6 Å². The van der Waals surface area contributed by atoms with Crippen LogP contribution in [-0.4, -0.2) is 86.5 Å². The Morgan fingerprint density at radius 3 is 1.31 bits per heavy atom. The summed E-state index contributed by atoms with van der Waals surface area (Å²) in [6, 6.07) is 0.368. The van der Waals surface area contributed by atoms with Gasteiger partial charge in [0.05, 0.1) is 13.1 Å². The Balaban J connectivity index is 0.000000554. The maximum absolute atomic E-state index is 13.7. The fourth-order valence-corrected chi connectivity index (χ4v) is 6.02. The zero-order chi connectivity index (χ0) is 47.6. The van der Waals surface area contributed by atoms with Crippen molar-refractivity contribution in [3.8, 4) is 0 Å². The van der Waals surface area contributed by atoms with Crippen LogP contribution in [0.5, 0.6) is 0 Å². The average molecular weight is 1070 g/mol. The number of carbonyl (C=O) groups excluding carboxylic acids is 2. The predicted molar refractivity (Wildman–Crippen MR) is 206 cm³/mol. The van der Waals surface area contributed by atoms with Gasteiger partial charge in [0.1, 0.15) is 11.6 Å². The molecule has 5 N–H and O–H groups in total. The zero-order valence-corrected chi connectivity index (χ0v) is 35.2. The molecular formula is C34H40F12IN10O6P. The van der Waals surface area contributed by atoms with E-state index >= 15 is 0 Å². The minimum Gasteiger partial charge on any atom is -0.565 e. The summed E-state index contributed by atoms with van der Waals surface area (Å²) in [5, 5.41) is 20.2. The summed E-state index contributed by atoms with van der Waals surface area (Å²) in [5.74, 6) is -10.3. The van der Waals surface area contributed by atoms with Gasteiger partial charge in [-0.2, -0.15) is 26.3 Å². The summed E-state index contributed by atoms with van der Waals surface area (Å²) < 4.78 is 170. The molecule has 3 atom stereocenters. The van der Waals surface area contributed by atoms with Crippen molar-refractivity contribution >= 4 is 42.7 Å². The van der Waals surface area contributed by atoms with E-state index in [2.05, 4.69) is 47.7 Å². The first-order chi connectivity index (χ1) is 29.4. The van der Waals surface area contributed by atoms with Crippen molar-refractivity contribution in [2.24, 2.45) is 11.5 Å². The summed E-state index contributed by atoms with van der Waals surface area (Å²) in [6.45, 7) is -0.604. The van der Waals surface area contributed by atoms with E-state index in [-0.39, 0.29) is 96.6 Å². The molecule has 2 amide bonds. The van der Waals surface area contributed by atoms with Crippen molar-refractivity contribution in [2.45, 2.75) is 83.7 Å². The van der Waals surface area contributed by atoms with Crippen LogP contribution >= 0.6 is 30.8 Å². The molecule has 0 aliphatic carbocycles. The smallest absolute Gasteiger partial charge is 0.521 e. The molecule has 0 radical (unpaired) electrons. The number of nitrogens with two attached hydrogens (primary N) is 2. The number of nitrogens with zero attached hydrogens (tertiary/aromatic N) is 8. The summed E-state index contributed by atoms with van der Waals surface area (Å²) in [5.41, 5.74) is 11.3. The highest BCUT2D eigenvalue weighted by atomic mass is 127. The third-order valence-electron chi connectivity index (χ3n) is 8.80. The van der Waals surface area contributed by atoms with E-state index < -0.39 is 91.1 Å². The predicted octanol–water partition coefficient (Wildman–Crippen LogP) is 5.46. The van der Waals surface area contributed by atoms with Crippen molar-refractivity contribution in [1.29, 1.82) is 0 Å². The molecule has 0 saturated carbocycles. The zero-order valence-electron chi connectivity index (χ0n) is 32.1. The third-order valence-corrected chi connectivity index (χ3v) is 8.94. The Morgan fingerprint density at radius 1 is 0.703 bits per heavy atom. The molecule has 16 nitrogen and oxygen atoms in total. The van der Waals surface area contributed by atoms with Crippen LogP contribution in [0.3, 0.4) is 0 Å². The molecule has 0 saturated heterocycles. The second kappa shape index (κ2) is 24.1. The summed E-state index contributed by atoms with van der Waals surface area (Å²) >= 11 is 2.15. The normalized spacial score (nSPS) is 14.5. The van der Waals surface area contributed by atoms with Gasteiger partial charge in [0.15, 0.2) is 34.9 Å². The number of rotatable bonds is 9. The highest BCUT2D eigenvalue weighted by molar-refractivity contribution is 14.1. The van der Waals surface area contributed by atoms with E-state index in [0.717, 1.165) is 9.13 Å². The van der Waals surface area contributed by atoms with Crippen molar-refractivity contribution in [3.63, 3.8) is 0 Å². The minimum atomic E-state index is -4.64. The van der Waals surface area contributed by atoms with E-state index in [1.165, 1.54) is 9.80 Å². The Hall–Kier alpha value is -4.55. The van der Waals surface area contributed by atoms with Crippen LogP contribution in [-0.2, 0) is 70.2 Å². The van der Waals surface area contributed by atoms with E-state index in [1.54, 1.807) is 0 Å².